The van der Waals surface area contributed by atoms with E-state index in [-0.39, 0.29) is 30.5 Å². The summed E-state index contributed by atoms with van der Waals surface area (Å²) in [6, 6.07) is 5.24. The lowest BCUT2D eigenvalue weighted by Gasteiger charge is -2.36. The Bertz CT molecular complexity index is 973. The molecule has 2 amide bonds. The summed E-state index contributed by atoms with van der Waals surface area (Å²) >= 11 is 0. The lowest BCUT2D eigenvalue weighted by atomic mass is 10.1. The molecule has 0 radical (unpaired) electrons. The largest absolute Gasteiger partial charge is 0.416 e. The first-order valence-electron chi connectivity index (χ1n) is 11.5. The summed E-state index contributed by atoms with van der Waals surface area (Å²) < 4.78 is 39.0. The van der Waals surface area contributed by atoms with Gasteiger partial charge in [-0.05, 0) is 31.5 Å². The molecule has 0 atom stereocenters. The zero-order valence-electron chi connectivity index (χ0n) is 19.5. The number of unbranched alkanes of at least 4 members (excludes halogenated alkanes) is 1. The third kappa shape index (κ3) is 6.68. The van der Waals surface area contributed by atoms with Crippen molar-refractivity contribution in [2.45, 2.75) is 39.3 Å². The van der Waals surface area contributed by atoms with Crippen LogP contribution in [0, 0.1) is 6.92 Å². The smallest absolute Gasteiger partial charge is 0.368 e. The van der Waals surface area contributed by atoms with Crippen molar-refractivity contribution in [3.05, 3.63) is 53.6 Å². The van der Waals surface area contributed by atoms with Gasteiger partial charge in [0.25, 0.3) is 5.91 Å². The van der Waals surface area contributed by atoms with Gasteiger partial charge in [-0.2, -0.15) is 13.2 Å². The van der Waals surface area contributed by atoms with E-state index >= 15 is 0 Å². The predicted octanol–water partition coefficient (Wildman–Crippen LogP) is 3.79. The average Bonchev–Trinajstić information content (AvgIpc) is 2.83. The van der Waals surface area contributed by atoms with Crippen LogP contribution in [-0.2, 0) is 11.0 Å². The van der Waals surface area contributed by atoms with Crippen molar-refractivity contribution >= 4 is 17.5 Å². The number of hydrogen-bond acceptors (Lipinski definition) is 5. The van der Waals surface area contributed by atoms with Crippen LogP contribution in [0.5, 0.6) is 0 Å². The van der Waals surface area contributed by atoms with Crippen LogP contribution in [0.3, 0.4) is 0 Å². The van der Waals surface area contributed by atoms with Gasteiger partial charge in [0.2, 0.25) is 5.91 Å². The topological polar surface area (TPSA) is 69.6 Å². The number of hydrogen-bond donors (Lipinski definition) is 0. The van der Waals surface area contributed by atoms with Crippen molar-refractivity contribution in [2.75, 3.05) is 44.2 Å². The summed E-state index contributed by atoms with van der Waals surface area (Å²) in [5.74, 6) is -0.323. The Hall–Kier alpha value is -3.17. The first-order chi connectivity index (χ1) is 16.2. The molecular weight excluding hydrogens is 447 g/mol. The fraction of sp³-hybridized carbons (Fsp3) is 0.500. The summed E-state index contributed by atoms with van der Waals surface area (Å²) in [5.41, 5.74) is 0.788. The molecule has 0 bridgehead atoms. The molecule has 10 heteroatoms. The molecule has 0 spiro atoms. The maximum atomic E-state index is 13.0. The lowest BCUT2D eigenvalue weighted by Crippen LogP contribution is -2.49. The molecule has 34 heavy (non-hydrogen) atoms. The summed E-state index contributed by atoms with van der Waals surface area (Å²) in [5, 5.41) is 0. The van der Waals surface area contributed by atoms with Crippen molar-refractivity contribution < 1.29 is 22.8 Å². The van der Waals surface area contributed by atoms with Crippen LogP contribution in [0.15, 0.2) is 36.7 Å². The van der Waals surface area contributed by atoms with Gasteiger partial charge in [-0.25, -0.2) is 4.98 Å². The van der Waals surface area contributed by atoms with E-state index < -0.39 is 11.7 Å². The average molecular weight is 478 g/mol. The fourth-order valence-corrected chi connectivity index (χ4v) is 3.81. The number of alkyl halides is 3. The maximum Gasteiger partial charge on any atom is 0.416 e. The number of aromatic nitrogens is 2. The van der Waals surface area contributed by atoms with Crippen LogP contribution in [0.4, 0.5) is 18.9 Å². The van der Waals surface area contributed by atoms with Gasteiger partial charge in [0.05, 0.1) is 17.5 Å². The minimum atomic E-state index is -4.39. The second kappa shape index (κ2) is 11.3. The number of piperazine rings is 1. The van der Waals surface area contributed by atoms with E-state index in [1.54, 1.807) is 29.0 Å². The molecule has 1 saturated heterocycles. The number of amides is 2. The summed E-state index contributed by atoms with van der Waals surface area (Å²) in [6.07, 6.45) is 0.507. The molecule has 1 aliphatic rings. The minimum Gasteiger partial charge on any atom is -0.368 e. The Labute approximate surface area is 197 Å². The second-order valence-corrected chi connectivity index (χ2v) is 8.35. The van der Waals surface area contributed by atoms with E-state index in [4.69, 9.17) is 0 Å². The Balaban J connectivity index is 1.55. The maximum absolute atomic E-state index is 13.0. The number of nitrogens with zero attached hydrogens (tertiary/aromatic N) is 5. The van der Waals surface area contributed by atoms with Gasteiger partial charge in [0, 0.05) is 57.6 Å². The van der Waals surface area contributed by atoms with E-state index in [1.807, 2.05) is 11.8 Å². The summed E-state index contributed by atoms with van der Waals surface area (Å²) in [6.45, 7) is 6.37. The zero-order chi connectivity index (χ0) is 24.7. The van der Waals surface area contributed by atoms with Gasteiger partial charge in [-0.3, -0.25) is 14.6 Å². The number of rotatable bonds is 8. The highest BCUT2D eigenvalue weighted by Gasteiger charge is 2.31. The Morgan fingerprint density at radius 1 is 1.06 bits per heavy atom. The Morgan fingerprint density at radius 3 is 2.41 bits per heavy atom. The Kier molecular flexibility index (Phi) is 8.46. The van der Waals surface area contributed by atoms with Gasteiger partial charge < -0.3 is 14.7 Å². The molecule has 0 N–H and O–H groups in total. The fourth-order valence-electron chi connectivity index (χ4n) is 3.81. The van der Waals surface area contributed by atoms with E-state index in [9.17, 15) is 22.8 Å². The molecular formula is C24H30F3N5O2. The molecule has 2 aromatic rings. The standard InChI is InChI=1S/C24H30F3N5O2/c1-3-4-9-32(23(34)21-17-28-18(2)16-29-21)10-8-22(33)31-13-11-30(12-14-31)20-7-5-6-19(15-20)24(25,26)27/h5-7,15-17H,3-4,8-14H2,1-2H3. The van der Waals surface area contributed by atoms with E-state index in [0.29, 0.717) is 38.4 Å². The van der Waals surface area contributed by atoms with Crippen molar-refractivity contribution in [1.82, 2.24) is 19.8 Å². The molecule has 1 fully saturated rings. The molecule has 3 rings (SSSR count). The van der Waals surface area contributed by atoms with E-state index in [1.165, 1.54) is 12.3 Å². The molecule has 0 aliphatic carbocycles. The highest BCUT2D eigenvalue weighted by molar-refractivity contribution is 5.92. The minimum absolute atomic E-state index is 0.0759. The molecule has 1 aliphatic heterocycles. The molecule has 0 unspecified atom stereocenters. The monoisotopic (exact) mass is 477 g/mol. The number of carbonyl (C=O) groups is 2. The van der Waals surface area contributed by atoms with Crippen LogP contribution in [0.2, 0.25) is 0 Å². The third-order valence-corrected chi connectivity index (χ3v) is 5.84. The highest BCUT2D eigenvalue weighted by Crippen LogP contribution is 2.31. The predicted molar refractivity (Wildman–Crippen MR) is 122 cm³/mol. The molecule has 0 saturated carbocycles. The second-order valence-electron chi connectivity index (χ2n) is 8.35. The first kappa shape index (κ1) is 25.5. The number of benzene rings is 1. The van der Waals surface area contributed by atoms with Crippen LogP contribution in [0.25, 0.3) is 0 Å². The van der Waals surface area contributed by atoms with Crippen molar-refractivity contribution in [2.24, 2.45) is 0 Å². The zero-order valence-corrected chi connectivity index (χ0v) is 19.5. The summed E-state index contributed by atoms with van der Waals surface area (Å²) in [7, 11) is 0. The van der Waals surface area contributed by atoms with Gasteiger partial charge in [-0.1, -0.05) is 19.4 Å². The van der Waals surface area contributed by atoms with Gasteiger partial charge in [0.15, 0.2) is 0 Å². The molecule has 7 nitrogen and oxygen atoms in total. The number of carbonyl (C=O) groups excluding carboxylic acids is 2. The normalized spacial score (nSPS) is 14.3. The lowest BCUT2D eigenvalue weighted by molar-refractivity contribution is -0.137. The van der Waals surface area contributed by atoms with Crippen LogP contribution < -0.4 is 4.90 Å². The number of aryl methyl sites for hydroxylation is 1. The summed E-state index contributed by atoms with van der Waals surface area (Å²) in [4.78, 5) is 39.1. The molecule has 184 valence electrons. The molecule has 1 aromatic heterocycles. The van der Waals surface area contributed by atoms with Crippen LogP contribution in [0.1, 0.15) is 47.9 Å². The molecule has 2 heterocycles. The SMILES string of the molecule is CCCCN(CCC(=O)N1CCN(c2cccc(C(F)(F)F)c2)CC1)C(=O)c1cnc(C)cn1. The van der Waals surface area contributed by atoms with Crippen molar-refractivity contribution in [3.8, 4) is 0 Å². The van der Waals surface area contributed by atoms with E-state index in [0.717, 1.165) is 30.7 Å². The van der Waals surface area contributed by atoms with E-state index in [2.05, 4.69) is 9.97 Å². The number of anilines is 1. The Morgan fingerprint density at radius 2 is 1.79 bits per heavy atom. The quantitative estimate of drug-likeness (QED) is 0.579. The van der Waals surface area contributed by atoms with Gasteiger partial charge >= 0.3 is 6.18 Å². The van der Waals surface area contributed by atoms with Crippen LogP contribution >= 0.6 is 0 Å². The highest BCUT2D eigenvalue weighted by atomic mass is 19.4. The van der Waals surface area contributed by atoms with Crippen molar-refractivity contribution in [1.29, 1.82) is 0 Å². The third-order valence-electron chi connectivity index (χ3n) is 5.84. The van der Waals surface area contributed by atoms with Crippen LogP contribution in [-0.4, -0.2) is 70.9 Å². The molecule has 1 aromatic carbocycles. The van der Waals surface area contributed by atoms with Crippen molar-refractivity contribution in [3.63, 3.8) is 0 Å². The van der Waals surface area contributed by atoms with Gasteiger partial charge in [-0.15, -0.1) is 0 Å². The van der Waals surface area contributed by atoms with Gasteiger partial charge in [0.1, 0.15) is 5.69 Å². The first-order valence-corrected chi connectivity index (χ1v) is 11.5. The number of halogens is 3.